The third-order valence-corrected chi connectivity index (χ3v) is 2.43. The first-order chi connectivity index (χ1) is 8.79. The fourth-order valence-corrected chi connectivity index (χ4v) is 1.64. The first-order valence-electron chi connectivity index (χ1n) is 5.05. The predicted molar refractivity (Wildman–Crippen MR) is 59.7 cm³/mol. The molecule has 3 aromatic heterocycles. The minimum absolute atomic E-state index is 0.286. The zero-order chi connectivity index (χ0) is 12.5. The Kier molecular flexibility index (Phi) is 2.29. The molecule has 0 aromatic carbocycles. The molecule has 0 radical (unpaired) electrons. The average molecular weight is 247 g/mol. The Hall–Kier alpha value is -2.71. The Labute approximate surface area is 101 Å². The van der Waals surface area contributed by atoms with Crippen LogP contribution in [0.25, 0.3) is 11.2 Å². The summed E-state index contributed by atoms with van der Waals surface area (Å²) in [4.78, 5) is 16.2. The maximum absolute atomic E-state index is 5.84. The van der Waals surface area contributed by atoms with Crippen LogP contribution in [0.2, 0.25) is 0 Å². The summed E-state index contributed by atoms with van der Waals surface area (Å²) in [7, 11) is 1.51. The van der Waals surface area contributed by atoms with Crippen LogP contribution < -0.4 is 10.5 Å². The molecule has 2 N–H and O–H groups in total. The summed E-state index contributed by atoms with van der Waals surface area (Å²) in [6.45, 7) is 0.318. The van der Waals surface area contributed by atoms with Gasteiger partial charge in [0, 0.05) is 0 Å². The standard InChI is InChI=1S/C9H9N7O2/c1-17-8-6-7(11-3-12-8)16(9(10)14-6)2-5-13-4-18-15-5/h3-4H,2H2,1H3,(H2,10,14). The minimum Gasteiger partial charge on any atom is -0.479 e. The van der Waals surface area contributed by atoms with Gasteiger partial charge >= 0.3 is 0 Å². The van der Waals surface area contributed by atoms with Crippen molar-refractivity contribution in [2.45, 2.75) is 6.54 Å². The molecule has 0 fully saturated rings. The highest BCUT2D eigenvalue weighted by atomic mass is 16.5. The van der Waals surface area contributed by atoms with Crippen molar-refractivity contribution in [2.75, 3.05) is 12.8 Å². The summed E-state index contributed by atoms with van der Waals surface area (Å²) in [5, 5.41) is 3.72. The van der Waals surface area contributed by atoms with Crippen molar-refractivity contribution in [1.82, 2.24) is 29.7 Å². The topological polar surface area (TPSA) is 118 Å². The molecule has 3 heterocycles. The van der Waals surface area contributed by atoms with E-state index in [4.69, 9.17) is 10.5 Å². The second kappa shape index (κ2) is 3.95. The Bertz CT molecular complexity index is 676. The van der Waals surface area contributed by atoms with Gasteiger partial charge in [0.15, 0.2) is 17.0 Å². The first-order valence-corrected chi connectivity index (χ1v) is 5.05. The van der Waals surface area contributed by atoms with E-state index < -0.39 is 0 Å². The van der Waals surface area contributed by atoms with Gasteiger partial charge in [-0.25, -0.2) is 9.97 Å². The van der Waals surface area contributed by atoms with Gasteiger partial charge in [0.25, 0.3) is 0 Å². The Morgan fingerprint density at radius 3 is 3.00 bits per heavy atom. The van der Waals surface area contributed by atoms with Gasteiger partial charge in [0.05, 0.1) is 13.7 Å². The number of nitrogens with zero attached hydrogens (tertiary/aromatic N) is 6. The molecule has 0 unspecified atom stereocenters. The molecule has 0 saturated heterocycles. The number of rotatable bonds is 3. The maximum Gasteiger partial charge on any atom is 0.245 e. The quantitative estimate of drug-likeness (QED) is 0.678. The van der Waals surface area contributed by atoms with E-state index in [-0.39, 0.29) is 5.95 Å². The van der Waals surface area contributed by atoms with Gasteiger partial charge in [-0.3, -0.25) is 4.57 Å². The lowest BCUT2D eigenvalue weighted by Crippen LogP contribution is -2.06. The molecule has 0 spiro atoms. The SMILES string of the molecule is COc1ncnc2c1nc(N)n2Cc1ncon1. The summed E-state index contributed by atoms with van der Waals surface area (Å²) >= 11 is 0. The van der Waals surface area contributed by atoms with Gasteiger partial charge in [-0.2, -0.15) is 9.97 Å². The molecule has 3 aromatic rings. The number of nitrogens with two attached hydrogens (primary N) is 1. The lowest BCUT2D eigenvalue weighted by molar-refractivity contribution is 0.401. The second-order valence-corrected chi connectivity index (χ2v) is 3.46. The van der Waals surface area contributed by atoms with Crippen LogP contribution in [0.1, 0.15) is 5.82 Å². The van der Waals surface area contributed by atoms with E-state index in [2.05, 4.69) is 29.6 Å². The van der Waals surface area contributed by atoms with Gasteiger partial charge in [0.1, 0.15) is 6.33 Å². The highest BCUT2D eigenvalue weighted by Crippen LogP contribution is 2.22. The normalized spacial score (nSPS) is 10.9. The van der Waals surface area contributed by atoms with Crippen molar-refractivity contribution < 1.29 is 9.26 Å². The van der Waals surface area contributed by atoms with Gasteiger partial charge < -0.3 is 15.0 Å². The molecule has 0 aliphatic rings. The zero-order valence-electron chi connectivity index (χ0n) is 9.44. The number of methoxy groups -OCH3 is 1. The van der Waals surface area contributed by atoms with E-state index in [9.17, 15) is 0 Å². The molecule has 0 aliphatic heterocycles. The zero-order valence-corrected chi connectivity index (χ0v) is 9.44. The maximum atomic E-state index is 5.84. The van der Waals surface area contributed by atoms with Crippen molar-refractivity contribution >= 4 is 17.1 Å². The molecule has 0 bridgehead atoms. The lowest BCUT2D eigenvalue weighted by Gasteiger charge is -2.02. The molecule has 3 rings (SSSR count). The largest absolute Gasteiger partial charge is 0.479 e. The van der Waals surface area contributed by atoms with Crippen molar-refractivity contribution in [3.8, 4) is 5.88 Å². The highest BCUT2D eigenvalue weighted by molar-refractivity contribution is 5.78. The fourth-order valence-electron chi connectivity index (χ4n) is 1.64. The number of hydrogen-bond donors (Lipinski definition) is 1. The minimum atomic E-state index is 0.286. The van der Waals surface area contributed by atoms with Gasteiger partial charge in [0.2, 0.25) is 18.2 Å². The van der Waals surface area contributed by atoms with Crippen molar-refractivity contribution in [3.05, 3.63) is 18.5 Å². The number of fused-ring (bicyclic) bond motifs is 1. The van der Waals surface area contributed by atoms with E-state index >= 15 is 0 Å². The molecule has 0 saturated carbocycles. The van der Waals surface area contributed by atoms with Gasteiger partial charge in [-0.1, -0.05) is 5.16 Å². The molecule has 18 heavy (non-hydrogen) atoms. The van der Waals surface area contributed by atoms with Crippen molar-refractivity contribution in [1.29, 1.82) is 0 Å². The summed E-state index contributed by atoms with van der Waals surface area (Å²) in [6.07, 6.45) is 2.63. The van der Waals surface area contributed by atoms with Crippen LogP contribution >= 0.6 is 0 Å². The summed E-state index contributed by atoms with van der Waals surface area (Å²) in [6, 6.07) is 0. The molecule has 92 valence electrons. The molecule has 9 nitrogen and oxygen atoms in total. The molecular formula is C9H9N7O2. The number of aromatic nitrogens is 6. The van der Waals surface area contributed by atoms with E-state index in [1.807, 2.05) is 0 Å². The van der Waals surface area contributed by atoms with E-state index in [0.717, 1.165) is 0 Å². The molecule has 0 atom stereocenters. The predicted octanol–water partition coefficient (Wildman–Crippen LogP) is -0.152. The van der Waals surface area contributed by atoms with E-state index in [1.165, 1.54) is 19.8 Å². The summed E-state index contributed by atoms with van der Waals surface area (Å²) < 4.78 is 11.4. The van der Waals surface area contributed by atoms with Crippen LogP contribution in [-0.4, -0.2) is 36.8 Å². The Balaban J connectivity index is 2.14. The Morgan fingerprint density at radius 2 is 2.28 bits per heavy atom. The Morgan fingerprint density at radius 1 is 1.39 bits per heavy atom. The van der Waals surface area contributed by atoms with Crippen LogP contribution in [-0.2, 0) is 6.54 Å². The number of ether oxygens (including phenoxy) is 1. The molecule has 0 aliphatic carbocycles. The third-order valence-electron chi connectivity index (χ3n) is 2.43. The molecule has 0 amide bonds. The lowest BCUT2D eigenvalue weighted by atomic mass is 10.5. The average Bonchev–Trinajstić information content (AvgIpc) is 2.99. The fraction of sp³-hybridized carbons (Fsp3) is 0.222. The van der Waals surface area contributed by atoms with Crippen LogP contribution in [0.3, 0.4) is 0 Å². The van der Waals surface area contributed by atoms with Gasteiger partial charge in [-0.15, -0.1) is 0 Å². The number of nitrogen functional groups attached to an aromatic ring is 1. The molecule has 9 heteroatoms. The van der Waals surface area contributed by atoms with Crippen LogP contribution in [0.4, 0.5) is 5.95 Å². The number of anilines is 1. The van der Waals surface area contributed by atoms with Crippen LogP contribution in [0.5, 0.6) is 5.88 Å². The highest BCUT2D eigenvalue weighted by Gasteiger charge is 2.15. The van der Waals surface area contributed by atoms with Crippen LogP contribution in [0.15, 0.2) is 17.2 Å². The van der Waals surface area contributed by atoms with Crippen LogP contribution in [0, 0.1) is 0 Å². The summed E-state index contributed by atoms with van der Waals surface area (Å²) in [5.41, 5.74) is 6.90. The number of hydrogen-bond acceptors (Lipinski definition) is 8. The molecular weight excluding hydrogens is 238 g/mol. The van der Waals surface area contributed by atoms with Crippen molar-refractivity contribution in [3.63, 3.8) is 0 Å². The summed E-state index contributed by atoms with van der Waals surface area (Å²) in [5.74, 6) is 1.14. The van der Waals surface area contributed by atoms with E-state index in [0.29, 0.717) is 29.4 Å². The second-order valence-electron chi connectivity index (χ2n) is 3.46. The van der Waals surface area contributed by atoms with E-state index in [1.54, 1.807) is 4.57 Å². The third kappa shape index (κ3) is 1.52. The smallest absolute Gasteiger partial charge is 0.245 e. The van der Waals surface area contributed by atoms with Crippen molar-refractivity contribution in [2.24, 2.45) is 0 Å². The van der Waals surface area contributed by atoms with Gasteiger partial charge in [-0.05, 0) is 0 Å². The first kappa shape index (κ1) is 10.4. The number of imidazole rings is 1. The monoisotopic (exact) mass is 247 g/mol.